The SMILES string of the molecule is COc1cccc(-c2nccnc2C2CCCN(CCO)C2)c1. The molecular weight excluding hydrogens is 290 g/mol. The van der Waals surface area contributed by atoms with E-state index in [-0.39, 0.29) is 6.61 Å². The van der Waals surface area contributed by atoms with Crippen LogP contribution in [-0.2, 0) is 0 Å². The number of aromatic nitrogens is 2. The average molecular weight is 313 g/mol. The second-order valence-electron chi connectivity index (χ2n) is 5.89. The molecule has 1 atom stereocenters. The largest absolute Gasteiger partial charge is 0.497 e. The molecule has 1 unspecified atom stereocenters. The molecule has 1 aliphatic rings. The van der Waals surface area contributed by atoms with Crippen LogP contribution in [0.2, 0.25) is 0 Å². The molecule has 2 heterocycles. The van der Waals surface area contributed by atoms with E-state index in [0.717, 1.165) is 55.2 Å². The van der Waals surface area contributed by atoms with E-state index in [1.165, 1.54) is 0 Å². The lowest BCUT2D eigenvalue weighted by atomic mass is 9.91. The fourth-order valence-corrected chi connectivity index (χ4v) is 3.26. The third-order valence-corrected chi connectivity index (χ3v) is 4.38. The van der Waals surface area contributed by atoms with E-state index in [4.69, 9.17) is 4.74 Å². The summed E-state index contributed by atoms with van der Waals surface area (Å²) in [4.78, 5) is 11.5. The Bertz CT molecular complexity index is 646. The van der Waals surface area contributed by atoms with Crippen molar-refractivity contribution in [1.82, 2.24) is 14.9 Å². The summed E-state index contributed by atoms with van der Waals surface area (Å²) in [6.07, 6.45) is 5.74. The van der Waals surface area contributed by atoms with Crippen LogP contribution in [-0.4, -0.2) is 53.3 Å². The van der Waals surface area contributed by atoms with Crippen molar-refractivity contribution in [3.8, 4) is 17.0 Å². The second kappa shape index (κ2) is 7.53. The molecule has 1 aliphatic heterocycles. The minimum absolute atomic E-state index is 0.204. The first-order valence-electron chi connectivity index (χ1n) is 8.10. The number of β-amino-alcohol motifs (C(OH)–C–C–N with tert-alkyl or cyclic N) is 1. The maximum atomic E-state index is 9.18. The van der Waals surface area contributed by atoms with E-state index in [2.05, 4.69) is 14.9 Å². The average Bonchev–Trinajstić information content (AvgIpc) is 2.62. The molecule has 1 saturated heterocycles. The third kappa shape index (κ3) is 3.68. The molecule has 0 bridgehead atoms. The lowest BCUT2D eigenvalue weighted by molar-refractivity contribution is 0.160. The van der Waals surface area contributed by atoms with Gasteiger partial charge in [-0.15, -0.1) is 0 Å². The van der Waals surface area contributed by atoms with Crippen molar-refractivity contribution in [3.05, 3.63) is 42.4 Å². The first-order valence-corrected chi connectivity index (χ1v) is 8.10. The minimum atomic E-state index is 0.204. The van der Waals surface area contributed by atoms with E-state index < -0.39 is 0 Å². The van der Waals surface area contributed by atoms with Gasteiger partial charge in [0.25, 0.3) is 0 Å². The van der Waals surface area contributed by atoms with Gasteiger partial charge in [0.1, 0.15) is 5.75 Å². The highest BCUT2D eigenvalue weighted by molar-refractivity contribution is 5.64. The predicted molar refractivity (Wildman–Crippen MR) is 89.5 cm³/mol. The number of piperidine rings is 1. The standard InChI is InChI=1S/C18H23N3O2/c1-23-16-6-2-4-14(12-16)17-18(20-8-7-19-17)15-5-3-9-21(13-15)10-11-22/h2,4,6-8,12,15,22H,3,5,9-11,13H2,1H3. The lowest BCUT2D eigenvalue weighted by Crippen LogP contribution is -2.36. The monoisotopic (exact) mass is 313 g/mol. The molecule has 0 aliphatic carbocycles. The van der Waals surface area contributed by atoms with Crippen LogP contribution in [0.1, 0.15) is 24.5 Å². The summed E-state index contributed by atoms with van der Waals surface area (Å²) >= 11 is 0. The number of hydrogen-bond donors (Lipinski definition) is 1. The number of aliphatic hydroxyl groups excluding tert-OH is 1. The van der Waals surface area contributed by atoms with Crippen LogP contribution >= 0.6 is 0 Å². The number of methoxy groups -OCH3 is 1. The van der Waals surface area contributed by atoms with Crippen LogP contribution in [0.3, 0.4) is 0 Å². The molecule has 0 radical (unpaired) electrons. The Morgan fingerprint density at radius 1 is 1.30 bits per heavy atom. The van der Waals surface area contributed by atoms with Crippen LogP contribution in [0.15, 0.2) is 36.7 Å². The van der Waals surface area contributed by atoms with Crippen molar-refractivity contribution < 1.29 is 9.84 Å². The van der Waals surface area contributed by atoms with Crippen LogP contribution < -0.4 is 4.74 Å². The Kier molecular flexibility index (Phi) is 5.20. The first kappa shape index (κ1) is 15.9. The number of hydrogen-bond acceptors (Lipinski definition) is 5. The van der Waals surface area contributed by atoms with Gasteiger partial charge in [0.15, 0.2) is 0 Å². The third-order valence-electron chi connectivity index (χ3n) is 4.38. The molecule has 122 valence electrons. The molecule has 23 heavy (non-hydrogen) atoms. The molecule has 5 nitrogen and oxygen atoms in total. The molecule has 2 aromatic rings. The molecular formula is C18H23N3O2. The predicted octanol–water partition coefficient (Wildman–Crippen LogP) is 2.32. The summed E-state index contributed by atoms with van der Waals surface area (Å²) in [5, 5.41) is 9.18. The Labute approximate surface area is 137 Å². The Morgan fingerprint density at radius 3 is 3.00 bits per heavy atom. The number of nitrogens with zero attached hydrogens (tertiary/aromatic N) is 3. The van der Waals surface area contributed by atoms with Gasteiger partial charge >= 0.3 is 0 Å². The molecule has 0 spiro atoms. The normalized spacial score (nSPS) is 18.8. The summed E-state index contributed by atoms with van der Waals surface area (Å²) in [6.45, 7) is 2.91. The van der Waals surface area contributed by atoms with E-state index in [0.29, 0.717) is 5.92 Å². The number of aliphatic hydroxyl groups is 1. The van der Waals surface area contributed by atoms with Crippen molar-refractivity contribution >= 4 is 0 Å². The fourth-order valence-electron chi connectivity index (χ4n) is 3.26. The highest BCUT2D eigenvalue weighted by Crippen LogP contribution is 2.32. The number of benzene rings is 1. The van der Waals surface area contributed by atoms with E-state index in [9.17, 15) is 5.11 Å². The second-order valence-corrected chi connectivity index (χ2v) is 5.89. The zero-order chi connectivity index (χ0) is 16.1. The van der Waals surface area contributed by atoms with Crippen LogP contribution in [0.25, 0.3) is 11.3 Å². The van der Waals surface area contributed by atoms with Gasteiger partial charge in [0.05, 0.1) is 25.1 Å². The van der Waals surface area contributed by atoms with Crippen molar-refractivity contribution in [2.24, 2.45) is 0 Å². The van der Waals surface area contributed by atoms with Crippen molar-refractivity contribution in [3.63, 3.8) is 0 Å². The smallest absolute Gasteiger partial charge is 0.119 e. The van der Waals surface area contributed by atoms with Crippen LogP contribution in [0.5, 0.6) is 5.75 Å². The van der Waals surface area contributed by atoms with Gasteiger partial charge < -0.3 is 14.7 Å². The van der Waals surface area contributed by atoms with Gasteiger partial charge in [-0.05, 0) is 31.5 Å². The topological polar surface area (TPSA) is 58.5 Å². The zero-order valence-electron chi connectivity index (χ0n) is 13.5. The number of rotatable bonds is 5. The molecule has 0 saturated carbocycles. The highest BCUT2D eigenvalue weighted by atomic mass is 16.5. The molecule has 1 aromatic heterocycles. The number of likely N-dealkylation sites (tertiary alicyclic amines) is 1. The van der Waals surface area contributed by atoms with Gasteiger partial charge in [-0.1, -0.05) is 12.1 Å². The highest BCUT2D eigenvalue weighted by Gasteiger charge is 2.25. The summed E-state index contributed by atoms with van der Waals surface area (Å²) in [5.74, 6) is 1.18. The molecule has 1 N–H and O–H groups in total. The first-order chi connectivity index (χ1) is 11.3. The maximum absolute atomic E-state index is 9.18. The van der Waals surface area contributed by atoms with E-state index in [1.54, 1.807) is 19.5 Å². The number of ether oxygens (including phenoxy) is 1. The van der Waals surface area contributed by atoms with Gasteiger partial charge in [0.2, 0.25) is 0 Å². The van der Waals surface area contributed by atoms with Gasteiger partial charge in [-0.3, -0.25) is 9.97 Å². The van der Waals surface area contributed by atoms with Crippen LogP contribution in [0, 0.1) is 0 Å². The van der Waals surface area contributed by atoms with Gasteiger partial charge in [0, 0.05) is 37.0 Å². The fraction of sp³-hybridized carbons (Fsp3) is 0.444. The molecule has 0 amide bonds. The summed E-state index contributed by atoms with van der Waals surface area (Å²) in [6, 6.07) is 7.96. The van der Waals surface area contributed by atoms with E-state index in [1.807, 2.05) is 24.3 Å². The Hall–Kier alpha value is -1.98. The van der Waals surface area contributed by atoms with Crippen molar-refractivity contribution in [2.75, 3.05) is 33.4 Å². The molecule has 1 aromatic carbocycles. The van der Waals surface area contributed by atoms with Crippen LogP contribution in [0.4, 0.5) is 0 Å². The molecule has 1 fully saturated rings. The van der Waals surface area contributed by atoms with Gasteiger partial charge in [-0.25, -0.2) is 0 Å². The Morgan fingerprint density at radius 2 is 2.17 bits per heavy atom. The Balaban J connectivity index is 1.91. The minimum Gasteiger partial charge on any atom is -0.497 e. The summed E-state index contributed by atoms with van der Waals surface area (Å²) < 4.78 is 5.33. The lowest BCUT2D eigenvalue weighted by Gasteiger charge is -2.32. The summed E-state index contributed by atoms with van der Waals surface area (Å²) in [7, 11) is 1.67. The van der Waals surface area contributed by atoms with Crippen molar-refractivity contribution in [2.45, 2.75) is 18.8 Å². The van der Waals surface area contributed by atoms with E-state index >= 15 is 0 Å². The molecule has 3 rings (SSSR count). The maximum Gasteiger partial charge on any atom is 0.119 e. The molecule has 5 heteroatoms. The summed E-state index contributed by atoms with van der Waals surface area (Å²) in [5.41, 5.74) is 3.01. The van der Waals surface area contributed by atoms with Gasteiger partial charge in [-0.2, -0.15) is 0 Å². The van der Waals surface area contributed by atoms with Crippen molar-refractivity contribution in [1.29, 1.82) is 0 Å². The quantitative estimate of drug-likeness (QED) is 0.918. The zero-order valence-corrected chi connectivity index (χ0v) is 13.5.